The first-order valence-corrected chi connectivity index (χ1v) is 11.0. The van der Waals surface area contributed by atoms with Gasteiger partial charge < -0.3 is 18.8 Å². The molecule has 6 nitrogen and oxygen atoms in total. The molecule has 2 aliphatic rings. The van der Waals surface area contributed by atoms with E-state index in [0.29, 0.717) is 44.9 Å². The van der Waals surface area contributed by atoms with Crippen LogP contribution in [-0.4, -0.2) is 49.0 Å². The number of ketones is 1. The molecule has 0 saturated carbocycles. The predicted molar refractivity (Wildman–Crippen MR) is 121 cm³/mol. The van der Waals surface area contributed by atoms with Crippen LogP contribution in [0.4, 0.5) is 0 Å². The van der Waals surface area contributed by atoms with Gasteiger partial charge in [-0.25, -0.2) is 0 Å². The highest BCUT2D eigenvalue weighted by molar-refractivity contribution is 6.01. The molecule has 1 aliphatic carbocycles. The first-order valence-electron chi connectivity index (χ1n) is 11.0. The SMILES string of the molecule is O=C1CCc2c(OCC3CN(C(=O)c4ccc(C#Cc5ccccc5)o4)CCO3)cccc21. The molecule has 1 unspecified atom stereocenters. The van der Waals surface area contributed by atoms with Crippen LogP contribution >= 0.6 is 0 Å². The zero-order valence-electron chi connectivity index (χ0n) is 18.1. The summed E-state index contributed by atoms with van der Waals surface area (Å²) in [5.41, 5.74) is 2.59. The second kappa shape index (κ2) is 9.35. The summed E-state index contributed by atoms with van der Waals surface area (Å²) < 4.78 is 17.5. The van der Waals surface area contributed by atoms with Crippen molar-refractivity contribution in [2.75, 3.05) is 26.3 Å². The van der Waals surface area contributed by atoms with E-state index in [9.17, 15) is 9.59 Å². The van der Waals surface area contributed by atoms with Crippen LogP contribution in [0.2, 0.25) is 0 Å². The molecule has 3 aromatic rings. The van der Waals surface area contributed by atoms with Gasteiger partial charge >= 0.3 is 0 Å². The summed E-state index contributed by atoms with van der Waals surface area (Å²) in [5.74, 6) is 7.37. The molecule has 1 atom stereocenters. The largest absolute Gasteiger partial charge is 0.491 e. The molecule has 166 valence electrons. The van der Waals surface area contributed by atoms with Crippen molar-refractivity contribution in [2.24, 2.45) is 0 Å². The number of nitrogens with zero attached hydrogens (tertiary/aromatic N) is 1. The lowest BCUT2D eigenvalue weighted by Gasteiger charge is -2.32. The molecular formula is C27H23NO5. The lowest BCUT2D eigenvalue weighted by molar-refractivity contribution is -0.0409. The molecule has 1 aromatic heterocycles. The molecule has 2 heterocycles. The van der Waals surface area contributed by atoms with Crippen molar-refractivity contribution in [3.05, 3.63) is 88.9 Å². The van der Waals surface area contributed by atoms with Crippen molar-refractivity contribution < 1.29 is 23.5 Å². The lowest BCUT2D eigenvalue weighted by atomic mass is 10.1. The molecule has 2 aromatic carbocycles. The smallest absolute Gasteiger partial charge is 0.289 e. The fourth-order valence-electron chi connectivity index (χ4n) is 4.11. The average Bonchev–Trinajstić information content (AvgIpc) is 3.49. The fraction of sp³-hybridized carbons (Fsp3) is 0.259. The molecule has 1 aliphatic heterocycles. The minimum atomic E-state index is -0.261. The zero-order chi connectivity index (χ0) is 22.6. The number of carbonyl (C=O) groups is 2. The van der Waals surface area contributed by atoms with Gasteiger partial charge in [-0.1, -0.05) is 36.3 Å². The Hall–Kier alpha value is -3.82. The number of furan rings is 1. The summed E-state index contributed by atoms with van der Waals surface area (Å²) in [4.78, 5) is 26.6. The third-order valence-electron chi connectivity index (χ3n) is 5.81. The summed E-state index contributed by atoms with van der Waals surface area (Å²) in [7, 11) is 0. The van der Waals surface area contributed by atoms with Crippen molar-refractivity contribution in [1.29, 1.82) is 0 Å². The third kappa shape index (κ3) is 4.69. The number of amides is 1. The van der Waals surface area contributed by atoms with E-state index in [-0.39, 0.29) is 23.6 Å². The van der Waals surface area contributed by atoms with Crippen molar-refractivity contribution in [3.63, 3.8) is 0 Å². The molecule has 1 saturated heterocycles. The van der Waals surface area contributed by atoms with E-state index in [1.807, 2.05) is 48.5 Å². The van der Waals surface area contributed by atoms with Crippen molar-refractivity contribution in [1.82, 2.24) is 4.90 Å². The summed E-state index contributed by atoms with van der Waals surface area (Å²) >= 11 is 0. The zero-order valence-corrected chi connectivity index (χ0v) is 18.1. The first kappa shape index (κ1) is 21.0. The van der Waals surface area contributed by atoms with E-state index in [1.54, 1.807) is 17.0 Å². The topological polar surface area (TPSA) is 69.0 Å². The number of hydrogen-bond acceptors (Lipinski definition) is 5. The van der Waals surface area contributed by atoms with Crippen LogP contribution in [0, 0.1) is 11.8 Å². The van der Waals surface area contributed by atoms with Gasteiger partial charge in [0.05, 0.1) is 13.2 Å². The van der Waals surface area contributed by atoms with E-state index in [0.717, 1.165) is 22.4 Å². The Bertz CT molecular complexity index is 1230. The van der Waals surface area contributed by atoms with E-state index in [1.165, 1.54) is 0 Å². The number of benzene rings is 2. The van der Waals surface area contributed by atoms with Crippen LogP contribution in [0.5, 0.6) is 5.75 Å². The Kier molecular flexibility index (Phi) is 5.97. The van der Waals surface area contributed by atoms with Gasteiger partial charge in [0.25, 0.3) is 5.91 Å². The Labute approximate surface area is 192 Å². The van der Waals surface area contributed by atoms with Crippen LogP contribution in [0.3, 0.4) is 0 Å². The molecule has 33 heavy (non-hydrogen) atoms. The number of morpholine rings is 1. The maximum atomic E-state index is 12.9. The molecule has 5 rings (SSSR count). The van der Waals surface area contributed by atoms with Crippen molar-refractivity contribution >= 4 is 11.7 Å². The normalized spacial score (nSPS) is 17.3. The van der Waals surface area contributed by atoms with E-state index in [2.05, 4.69) is 11.8 Å². The van der Waals surface area contributed by atoms with Crippen LogP contribution in [0.25, 0.3) is 0 Å². The van der Waals surface area contributed by atoms with E-state index < -0.39 is 0 Å². The van der Waals surface area contributed by atoms with Gasteiger partial charge in [-0.2, -0.15) is 0 Å². The highest BCUT2D eigenvalue weighted by Crippen LogP contribution is 2.30. The van der Waals surface area contributed by atoms with Gasteiger partial charge in [-0.05, 0) is 42.7 Å². The molecule has 0 bridgehead atoms. The minimum absolute atomic E-state index is 0.160. The van der Waals surface area contributed by atoms with E-state index in [4.69, 9.17) is 13.9 Å². The Balaban J connectivity index is 1.20. The fourth-order valence-corrected chi connectivity index (χ4v) is 4.11. The Morgan fingerprint density at radius 3 is 2.79 bits per heavy atom. The van der Waals surface area contributed by atoms with Crippen LogP contribution in [0.15, 0.2) is 65.1 Å². The van der Waals surface area contributed by atoms with Crippen LogP contribution < -0.4 is 4.74 Å². The van der Waals surface area contributed by atoms with Crippen LogP contribution in [0.1, 0.15) is 44.2 Å². The number of fused-ring (bicyclic) bond motifs is 1. The molecule has 0 radical (unpaired) electrons. The van der Waals surface area contributed by atoms with Gasteiger partial charge in [0.2, 0.25) is 0 Å². The summed E-state index contributed by atoms with van der Waals surface area (Å²) in [6.07, 6.45) is 0.968. The number of Topliss-reactive ketones (excluding diaryl/α,β-unsaturated/α-hetero) is 1. The third-order valence-corrected chi connectivity index (χ3v) is 5.81. The average molecular weight is 441 g/mol. The quantitative estimate of drug-likeness (QED) is 0.577. The lowest BCUT2D eigenvalue weighted by Crippen LogP contribution is -2.47. The number of hydrogen-bond donors (Lipinski definition) is 0. The van der Waals surface area contributed by atoms with Crippen LogP contribution in [-0.2, 0) is 11.2 Å². The molecular weight excluding hydrogens is 418 g/mol. The first-order chi connectivity index (χ1) is 16.2. The van der Waals surface area contributed by atoms with Gasteiger partial charge in [0.1, 0.15) is 18.5 Å². The van der Waals surface area contributed by atoms with Gasteiger partial charge in [0, 0.05) is 29.7 Å². The Morgan fingerprint density at radius 1 is 1.03 bits per heavy atom. The highest BCUT2D eigenvalue weighted by atomic mass is 16.5. The standard InChI is InChI=1S/C27H23NO5/c29-24-13-12-23-22(24)7-4-8-25(23)32-18-21-17-28(15-16-31-21)27(30)26-14-11-20(33-26)10-9-19-5-2-1-3-6-19/h1-8,11,14,21H,12-13,15-18H2. The van der Waals surface area contributed by atoms with Crippen molar-refractivity contribution in [2.45, 2.75) is 18.9 Å². The van der Waals surface area contributed by atoms with Gasteiger partial charge in [-0.15, -0.1) is 0 Å². The molecule has 0 N–H and O–H groups in total. The maximum Gasteiger partial charge on any atom is 0.289 e. The van der Waals surface area contributed by atoms with Crippen molar-refractivity contribution in [3.8, 4) is 17.6 Å². The number of ether oxygens (including phenoxy) is 2. The molecule has 1 amide bonds. The maximum absolute atomic E-state index is 12.9. The van der Waals surface area contributed by atoms with E-state index >= 15 is 0 Å². The minimum Gasteiger partial charge on any atom is -0.491 e. The highest BCUT2D eigenvalue weighted by Gasteiger charge is 2.28. The molecule has 6 heteroatoms. The molecule has 1 fully saturated rings. The monoisotopic (exact) mass is 441 g/mol. The summed E-state index contributed by atoms with van der Waals surface area (Å²) in [5, 5.41) is 0. The summed E-state index contributed by atoms with van der Waals surface area (Å²) in [6, 6.07) is 18.5. The number of rotatable bonds is 4. The summed E-state index contributed by atoms with van der Waals surface area (Å²) in [6.45, 7) is 1.61. The number of carbonyl (C=O) groups excluding carboxylic acids is 2. The van der Waals surface area contributed by atoms with Gasteiger partial charge in [0.15, 0.2) is 17.3 Å². The second-order valence-electron chi connectivity index (χ2n) is 8.04. The Morgan fingerprint density at radius 2 is 1.91 bits per heavy atom. The predicted octanol–water partition coefficient (Wildman–Crippen LogP) is 3.73. The second-order valence-corrected chi connectivity index (χ2v) is 8.04. The molecule has 0 spiro atoms. The van der Waals surface area contributed by atoms with Gasteiger partial charge in [-0.3, -0.25) is 9.59 Å².